The third-order valence-electron chi connectivity index (χ3n) is 2.19. The van der Waals surface area contributed by atoms with E-state index in [2.05, 4.69) is 11.5 Å². The zero-order valence-corrected chi connectivity index (χ0v) is 8.76. The largest absolute Gasteiger partial charge is 0.297 e. The molecule has 1 rings (SSSR count). The zero-order valence-electron chi connectivity index (χ0n) is 7.94. The highest BCUT2D eigenvalue weighted by molar-refractivity contribution is 7.88. The predicted octanol–water partition coefficient (Wildman–Crippen LogP) is -0.250. The summed E-state index contributed by atoms with van der Waals surface area (Å²) >= 11 is 0. The van der Waals surface area contributed by atoms with Gasteiger partial charge in [0, 0.05) is 32.7 Å². The van der Waals surface area contributed by atoms with Crippen LogP contribution < -0.4 is 0 Å². The first-order valence-electron chi connectivity index (χ1n) is 4.32. The maximum Gasteiger partial charge on any atom is 0.211 e. The monoisotopic (exact) mass is 204 g/mol. The van der Waals surface area contributed by atoms with E-state index in [1.807, 2.05) is 6.08 Å². The molecule has 0 aromatic heterocycles. The van der Waals surface area contributed by atoms with Crippen LogP contribution in [0.2, 0.25) is 0 Å². The van der Waals surface area contributed by atoms with Crippen molar-refractivity contribution in [1.82, 2.24) is 9.21 Å². The number of piperazine rings is 1. The van der Waals surface area contributed by atoms with E-state index in [0.717, 1.165) is 19.6 Å². The number of hydrogen-bond donors (Lipinski definition) is 0. The van der Waals surface area contributed by atoms with Crippen LogP contribution in [0.4, 0.5) is 0 Å². The molecule has 0 bridgehead atoms. The van der Waals surface area contributed by atoms with Gasteiger partial charge in [0.25, 0.3) is 0 Å². The van der Waals surface area contributed by atoms with E-state index in [0.29, 0.717) is 13.1 Å². The van der Waals surface area contributed by atoms with Crippen molar-refractivity contribution >= 4 is 10.0 Å². The molecule has 1 saturated heterocycles. The number of rotatable bonds is 3. The van der Waals surface area contributed by atoms with Gasteiger partial charge in [-0.05, 0) is 0 Å². The molecule has 0 amide bonds. The lowest BCUT2D eigenvalue weighted by Gasteiger charge is -2.32. The summed E-state index contributed by atoms with van der Waals surface area (Å²) in [6.45, 7) is 7.31. The Hall–Kier alpha value is -0.390. The fourth-order valence-corrected chi connectivity index (χ4v) is 2.25. The van der Waals surface area contributed by atoms with Gasteiger partial charge in [-0.25, -0.2) is 8.42 Å². The molecule has 5 heteroatoms. The molecule has 4 nitrogen and oxygen atoms in total. The highest BCUT2D eigenvalue weighted by Gasteiger charge is 2.22. The first kappa shape index (κ1) is 10.7. The fourth-order valence-electron chi connectivity index (χ4n) is 1.43. The molecule has 76 valence electrons. The third kappa shape index (κ3) is 3.10. The van der Waals surface area contributed by atoms with Crippen molar-refractivity contribution in [1.29, 1.82) is 0 Å². The van der Waals surface area contributed by atoms with E-state index in [9.17, 15) is 8.42 Å². The highest BCUT2D eigenvalue weighted by atomic mass is 32.2. The Labute approximate surface area is 79.9 Å². The fraction of sp³-hybridized carbons (Fsp3) is 0.750. The summed E-state index contributed by atoms with van der Waals surface area (Å²) in [5, 5.41) is 0. The molecule has 0 N–H and O–H groups in total. The van der Waals surface area contributed by atoms with Crippen molar-refractivity contribution in [3.63, 3.8) is 0 Å². The summed E-state index contributed by atoms with van der Waals surface area (Å²) in [7, 11) is -2.98. The van der Waals surface area contributed by atoms with Gasteiger partial charge in [0.1, 0.15) is 0 Å². The standard InChI is InChI=1S/C8H16N2O2S/c1-3-4-9-5-7-10(8-6-9)13(2,11)12/h3H,1,4-8H2,2H3. The lowest BCUT2D eigenvalue weighted by Crippen LogP contribution is -2.48. The number of sulfonamides is 1. The van der Waals surface area contributed by atoms with Crippen LogP contribution >= 0.6 is 0 Å². The second kappa shape index (κ2) is 4.21. The Morgan fingerprint density at radius 2 is 1.85 bits per heavy atom. The Morgan fingerprint density at radius 3 is 2.23 bits per heavy atom. The molecular formula is C8H16N2O2S. The van der Waals surface area contributed by atoms with Crippen LogP contribution in [0.25, 0.3) is 0 Å². The van der Waals surface area contributed by atoms with Gasteiger partial charge in [-0.3, -0.25) is 4.90 Å². The Kier molecular flexibility index (Phi) is 3.47. The molecule has 0 atom stereocenters. The van der Waals surface area contributed by atoms with Crippen LogP contribution in [-0.4, -0.2) is 56.6 Å². The van der Waals surface area contributed by atoms with Crippen LogP contribution in [-0.2, 0) is 10.0 Å². The normalized spacial score (nSPS) is 21.6. The maximum atomic E-state index is 11.1. The quantitative estimate of drug-likeness (QED) is 0.595. The molecule has 0 saturated carbocycles. The van der Waals surface area contributed by atoms with Gasteiger partial charge in [-0.15, -0.1) is 6.58 Å². The van der Waals surface area contributed by atoms with Crippen molar-refractivity contribution in [2.45, 2.75) is 0 Å². The van der Waals surface area contributed by atoms with Gasteiger partial charge in [0.2, 0.25) is 10.0 Å². The molecule has 0 aromatic carbocycles. The van der Waals surface area contributed by atoms with Crippen LogP contribution in [0, 0.1) is 0 Å². The first-order chi connectivity index (χ1) is 6.04. The molecule has 0 aliphatic carbocycles. The molecule has 1 aliphatic heterocycles. The summed E-state index contributed by atoms with van der Waals surface area (Å²) in [6.07, 6.45) is 3.10. The van der Waals surface area contributed by atoms with E-state index in [1.165, 1.54) is 10.6 Å². The Morgan fingerprint density at radius 1 is 1.31 bits per heavy atom. The minimum atomic E-state index is -2.98. The first-order valence-corrected chi connectivity index (χ1v) is 6.17. The summed E-state index contributed by atoms with van der Waals surface area (Å²) in [4.78, 5) is 2.19. The molecule has 0 radical (unpaired) electrons. The average molecular weight is 204 g/mol. The van der Waals surface area contributed by atoms with Gasteiger partial charge >= 0.3 is 0 Å². The molecule has 1 fully saturated rings. The van der Waals surface area contributed by atoms with Crippen molar-refractivity contribution in [2.24, 2.45) is 0 Å². The lowest BCUT2D eigenvalue weighted by atomic mass is 10.3. The molecule has 1 heterocycles. The third-order valence-corrected chi connectivity index (χ3v) is 3.49. The topological polar surface area (TPSA) is 40.6 Å². The lowest BCUT2D eigenvalue weighted by molar-refractivity contribution is 0.205. The summed E-state index contributed by atoms with van der Waals surface area (Å²) in [5.41, 5.74) is 0. The van der Waals surface area contributed by atoms with Gasteiger partial charge in [-0.2, -0.15) is 4.31 Å². The van der Waals surface area contributed by atoms with E-state index in [1.54, 1.807) is 0 Å². The van der Waals surface area contributed by atoms with Crippen LogP contribution in [0.15, 0.2) is 12.7 Å². The molecule has 0 aromatic rings. The van der Waals surface area contributed by atoms with E-state index in [-0.39, 0.29) is 0 Å². The summed E-state index contributed by atoms with van der Waals surface area (Å²) < 4.78 is 23.8. The van der Waals surface area contributed by atoms with Gasteiger partial charge in [0.15, 0.2) is 0 Å². The van der Waals surface area contributed by atoms with E-state index < -0.39 is 10.0 Å². The maximum absolute atomic E-state index is 11.1. The average Bonchev–Trinajstić information content (AvgIpc) is 2.04. The molecule has 13 heavy (non-hydrogen) atoms. The second-order valence-electron chi connectivity index (χ2n) is 3.25. The molecule has 0 spiro atoms. The smallest absolute Gasteiger partial charge is 0.211 e. The Bertz CT molecular complexity index is 266. The second-order valence-corrected chi connectivity index (χ2v) is 5.23. The Balaban J connectivity index is 2.43. The van der Waals surface area contributed by atoms with Crippen LogP contribution in [0.1, 0.15) is 0 Å². The predicted molar refractivity (Wildman–Crippen MR) is 53.1 cm³/mol. The van der Waals surface area contributed by atoms with Gasteiger partial charge in [0.05, 0.1) is 6.26 Å². The zero-order chi connectivity index (χ0) is 9.90. The summed E-state index contributed by atoms with van der Waals surface area (Å²) in [6, 6.07) is 0. The highest BCUT2D eigenvalue weighted by Crippen LogP contribution is 2.05. The van der Waals surface area contributed by atoms with Crippen molar-refractivity contribution in [2.75, 3.05) is 39.0 Å². The summed E-state index contributed by atoms with van der Waals surface area (Å²) in [5.74, 6) is 0. The van der Waals surface area contributed by atoms with E-state index in [4.69, 9.17) is 0 Å². The van der Waals surface area contributed by atoms with Crippen molar-refractivity contribution < 1.29 is 8.42 Å². The SMILES string of the molecule is C=CCN1CCN(S(C)(=O)=O)CC1. The molecular weight excluding hydrogens is 188 g/mol. The molecule has 0 unspecified atom stereocenters. The van der Waals surface area contributed by atoms with Gasteiger partial charge in [-0.1, -0.05) is 6.08 Å². The van der Waals surface area contributed by atoms with Crippen molar-refractivity contribution in [3.8, 4) is 0 Å². The number of hydrogen-bond acceptors (Lipinski definition) is 3. The minimum Gasteiger partial charge on any atom is -0.297 e. The van der Waals surface area contributed by atoms with E-state index >= 15 is 0 Å². The van der Waals surface area contributed by atoms with Crippen LogP contribution in [0.5, 0.6) is 0 Å². The van der Waals surface area contributed by atoms with Crippen LogP contribution in [0.3, 0.4) is 0 Å². The number of nitrogens with zero attached hydrogens (tertiary/aromatic N) is 2. The molecule has 1 aliphatic rings. The van der Waals surface area contributed by atoms with Gasteiger partial charge < -0.3 is 0 Å². The minimum absolute atomic E-state index is 0.604. The van der Waals surface area contributed by atoms with Crippen molar-refractivity contribution in [3.05, 3.63) is 12.7 Å².